The quantitative estimate of drug-likeness (QED) is 0.224. The molecule has 1 nitrogen and oxygen atoms in total. The van der Waals surface area contributed by atoms with Crippen molar-refractivity contribution >= 4 is 0 Å². The fourth-order valence-electron chi connectivity index (χ4n) is 4.68. The second-order valence-electron chi connectivity index (χ2n) is 9.95. The van der Waals surface area contributed by atoms with E-state index in [1.54, 1.807) is 7.11 Å². The Labute approximate surface area is 191 Å². The van der Waals surface area contributed by atoms with Gasteiger partial charge in [-0.15, -0.1) is 0 Å². The molecule has 0 amide bonds. The van der Waals surface area contributed by atoms with Gasteiger partial charge in [-0.05, 0) is 56.3 Å². The van der Waals surface area contributed by atoms with Crippen LogP contribution in [-0.4, -0.2) is 13.7 Å². The minimum Gasteiger partial charge on any atom is -0.385 e. The Morgan fingerprint density at radius 3 is 2.17 bits per heavy atom. The fraction of sp³-hybridized carbons (Fsp3) is 0.931. The third-order valence-electron chi connectivity index (χ3n) is 6.75. The Kier molecular flexibility index (Phi) is 23.1. The molecule has 0 N–H and O–H groups in total. The van der Waals surface area contributed by atoms with Crippen molar-refractivity contribution in [1.29, 1.82) is 0 Å². The first-order valence-electron chi connectivity index (χ1n) is 13.8. The zero-order valence-corrected chi connectivity index (χ0v) is 21.7. The molecule has 3 unspecified atom stereocenters. The standard InChI is InChI=1S/C24H46.C5H12O/c1-4-6-8-9-10-12-16-23-17-13-11-14-18-24(15-7-5-2)21-22(3)19-20-23;1-3-4-5-6-2/h12,16,22-24H,4-11,13-15,17-21H2,1-3H3;3-5H2,1-2H3/b16-12+;. The monoisotopic (exact) mass is 422 g/mol. The summed E-state index contributed by atoms with van der Waals surface area (Å²) in [5.41, 5.74) is 0. The molecule has 0 radical (unpaired) electrons. The van der Waals surface area contributed by atoms with E-state index < -0.39 is 0 Å². The Balaban J connectivity index is 0.00000122. The molecule has 0 heterocycles. The van der Waals surface area contributed by atoms with E-state index in [0.717, 1.165) is 24.4 Å². The average Bonchev–Trinajstić information content (AvgIpc) is 2.79. The van der Waals surface area contributed by atoms with Crippen molar-refractivity contribution in [3.63, 3.8) is 0 Å². The minimum absolute atomic E-state index is 0.866. The van der Waals surface area contributed by atoms with Crippen molar-refractivity contribution < 1.29 is 4.74 Å². The van der Waals surface area contributed by atoms with Crippen LogP contribution in [0.25, 0.3) is 0 Å². The number of hydrogen-bond acceptors (Lipinski definition) is 1. The normalized spacial score (nSPS) is 23.6. The lowest BCUT2D eigenvalue weighted by Gasteiger charge is -2.21. The second kappa shape index (κ2) is 23.4. The van der Waals surface area contributed by atoms with Gasteiger partial charge in [-0.25, -0.2) is 0 Å². The Morgan fingerprint density at radius 2 is 1.50 bits per heavy atom. The molecule has 0 aliphatic heterocycles. The maximum atomic E-state index is 4.78. The molecule has 0 bridgehead atoms. The highest BCUT2D eigenvalue weighted by Crippen LogP contribution is 2.30. The van der Waals surface area contributed by atoms with Crippen molar-refractivity contribution in [2.45, 2.75) is 143 Å². The zero-order chi connectivity index (χ0) is 22.3. The van der Waals surface area contributed by atoms with Crippen LogP contribution in [0.15, 0.2) is 12.2 Å². The molecule has 0 aromatic rings. The van der Waals surface area contributed by atoms with E-state index in [-0.39, 0.29) is 0 Å². The molecule has 1 aliphatic carbocycles. The molecule has 1 rings (SSSR count). The first kappa shape index (κ1) is 29.7. The molecule has 0 aromatic heterocycles. The zero-order valence-electron chi connectivity index (χ0n) is 21.7. The third kappa shape index (κ3) is 19.7. The topological polar surface area (TPSA) is 9.23 Å². The molecule has 0 aromatic carbocycles. The number of methoxy groups -OCH3 is 1. The van der Waals surface area contributed by atoms with Crippen LogP contribution in [0, 0.1) is 17.8 Å². The summed E-state index contributed by atoms with van der Waals surface area (Å²) in [5.74, 6) is 2.82. The van der Waals surface area contributed by atoms with Crippen molar-refractivity contribution in [3.8, 4) is 0 Å². The summed E-state index contributed by atoms with van der Waals surface area (Å²) in [6, 6.07) is 0. The van der Waals surface area contributed by atoms with Crippen LogP contribution >= 0.6 is 0 Å². The summed E-state index contributed by atoms with van der Waals surface area (Å²) in [6.45, 7) is 10.2. The molecular weight excluding hydrogens is 364 g/mol. The van der Waals surface area contributed by atoms with E-state index in [1.807, 2.05) is 0 Å². The van der Waals surface area contributed by atoms with Gasteiger partial charge in [-0.2, -0.15) is 0 Å². The highest BCUT2D eigenvalue weighted by atomic mass is 16.5. The number of unbranched alkanes of at least 4 members (excludes halogenated alkanes) is 6. The molecule has 1 saturated carbocycles. The predicted molar refractivity (Wildman–Crippen MR) is 137 cm³/mol. The maximum Gasteiger partial charge on any atom is 0.0462 e. The van der Waals surface area contributed by atoms with Crippen molar-refractivity contribution in [3.05, 3.63) is 12.2 Å². The van der Waals surface area contributed by atoms with Gasteiger partial charge in [-0.1, -0.05) is 117 Å². The van der Waals surface area contributed by atoms with Crippen molar-refractivity contribution in [2.24, 2.45) is 17.8 Å². The van der Waals surface area contributed by atoms with Gasteiger partial charge in [0.1, 0.15) is 0 Å². The maximum absolute atomic E-state index is 4.78. The van der Waals surface area contributed by atoms with E-state index in [2.05, 4.69) is 39.8 Å². The van der Waals surface area contributed by atoms with Crippen molar-refractivity contribution in [1.82, 2.24) is 0 Å². The summed E-state index contributed by atoms with van der Waals surface area (Å²) in [5, 5.41) is 0. The first-order valence-corrected chi connectivity index (χ1v) is 13.8. The van der Waals surface area contributed by atoms with Crippen LogP contribution in [0.2, 0.25) is 0 Å². The molecule has 1 aliphatic rings. The van der Waals surface area contributed by atoms with Crippen LogP contribution in [0.3, 0.4) is 0 Å². The summed E-state index contributed by atoms with van der Waals surface area (Å²) < 4.78 is 4.78. The lowest BCUT2D eigenvalue weighted by atomic mass is 9.85. The van der Waals surface area contributed by atoms with Gasteiger partial charge in [0.25, 0.3) is 0 Å². The molecule has 180 valence electrons. The minimum atomic E-state index is 0.866. The molecule has 3 atom stereocenters. The molecule has 30 heavy (non-hydrogen) atoms. The van der Waals surface area contributed by atoms with Gasteiger partial charge in [0, 0.05) is 13.7 Å². The van der Waals surface area contributed by atoms with E-state index in [1.165, 1.54) is 116 Å². The van der Waals surface area contributed by atoms with Crippen LogP contribution in [-0.2, 0) is 4.74 Å². The summed E-state index contributed by atoms with van der Waals surface area (Å²) in [6.07, 6.45) is 30.4. The number of ether oxygens (including phenoxy) is 1. The van der Waals surface area contributed by atoms with Gasteiger partial charge in [0.15, 0.2) is 0 Å². The largest absolute Gasteiger partial charge is 0.385 e. The van der Waals surface area contributed by atoms with Crippen LogP contribution in [0.4, 0.5) is 0 Å². The first-order chi connectivity index (χ1) is 14.7. The smallest absolute Gasteiger partial charge is 0.0462 e. The van der Waals surface area contributed by atoms with E-state index in [4.69, 9.17) is 4.74 Å². The average molecular weight is 423 g/mol. The number of allylic oxidation sites excluding steroid dienone is 2. The van der Waals surface area contributed by atoms with Crippen LogP contribution in [0.1, 0.15) is 143 Å². The summed E-state index contributed by atoms with van der Waals surface area (Å²) in [4.78, 5) is 0. The SMILES string of the molecule is CCCCCC/C=C/C1CCCCCC(CCCC)CC(C)CC1.CCCCOC. The van der Waals surface area contributed by atoms with Gasteiger partial charge in [0.2, 0.25) is 0 Å². The van der Waals surface area contributed by atoms with E-state index >= 15 is 0 Å². The molecule has 0 saturated heterocycles. The molecule has 1 heteroatoms. The second-order valence-corrected chi connectivity index (χ2v) is 9.95. The van der Waals surface area contributed by atoms with E-state index in [0.29, 0.717) is 0 Å². The Morgan fingerprint density at radius 1 is 0.767 bits per heavy atom. The number of rotatable bonds is 12. The molecule has 1 fully saturated rings. The third-order valence-corrected chi connectivity index (χ3v) is 6.75. The molecular formula is C29H58O. The van der Waals surface area contributed by atoms with Crippen molar-refractivity contribution in [2.75, 3.05) is 13.7 Å². The van der Waals surface area contributed by atoms with Gasteiger partial charge in [-0.3, -0.25) is 0 Å². The van der Waals surface area contributed by atoms with Crippen LogP contribution in [0.5, 0.6) is 0 Å². The lowest BCUT2D eigenvalue weighted by Crippen LogP contribution is -2.08. The lowest BCUT2D eigenvalue weighted by molar-refractivity contribution is 0.194. The fourth-order valence-corrected chi connectivity index (χ4v) is 4.68. The highest BCUT2D eigenvalue weighted by Gasteiger charge is 2.16. The van der Waals surface area contributed by atoms with Gasteiger partial charge in [0.05, 0.1) is 0 Å². The predicted octanol–water partition coefficient (Wildman–Crippen LogP) is 10.1. The van der Waals surface area contributed by atoms with Gasteiger partial charge < -0.3 is 4.74 Å². The summed E-state index contributed by atoms with van der Waals surface area (Å²) in [7, 11) is 1.73. The Hall–Kier alpha value is -0.300. The molecule has 0 spiro atoms. The van der Waals surface area contributed by atoms with Gasteiger partial charge >= 0.3 is 0 Å². The Bertz CT molecular complexity index is 344. The summed E-state index contributed by atoms with van der Waals surface area (Å²) >= 11 is 0. The number of hydrogen-bond donors (Lipinski definition) is 0. The van der Waals surface area contributed by atoms with E-state index in [9.17, 15) is 0 Å². The highest BCUT2D eigenvalue weighted by molar-refractivity contribution is 4.89. The van der Waals surface area contributed by atoms with Crippen LogP contribution < -0.4 is 0 Å².